The minimum absolute atomic E-state index is 0.109. The minimum atomic E-state index is -3.82. The lowest BCUT2D eigenvalue weighted by molar-refractivity contribution is -0.384. The maximum atomic E-state index is 12.5. The smallest absolute Gasteiger partial charge is 0.293 e. The summed E-state index contributed by atoms with van der Waals surface area (Å²) in [6.07, 6.45) is 0. The van der Waals surface area contributed by atoms with E-state index in [4.69, 9.17) is 4.52 Å². The van der Waals surface area contributed by atoms with Crippen molar-refractivity contribution >= 4 is 21.4 Å². The summed E-state index contributed by atoms with van der Waals surface area (Å²) in [6, 6.07) is 5.97. The van der Waals surface area contributed by atoms with Crippen molar-refractivity contribution in [3.63, 3.8) is 0 Å². The van der Waals surface area contributed by atoms with Gasteiger partial charge >= 0.3 is 0 Å². The largest absolute Gasteiger partial charge is 0.363 e. The first-order valence-corrected chi connectivity index (χ1v) is 11.5. The lowest BCUT2D eigenvalue weighted by atomic mass is 10.2. The summed E-state index contributed by atoms with van der Waals surface area (Å²) in [6.45, 7) is 5.83. The van der Waals surface area contributed by atoms with Crippen LogP contribution in [0.25, 0.3) is 0 Å². The summed E-state index contributed by atoms with van der Waals surface area (Å²) in [7, 11) is -0.157. The van der Waals surface area contributed by atoms with Gasteiger partial charge < -0.3 is 14.3 Å². The van der Waals surface area contributed by atoms with Gasteiger partial charge in [-0.15, -0.1) is 0 Å². The van der Waals surface area contributed by atoms with Gasteiger partial charge in [-0.3, -0.25) is 15.0 Å². The molecule has 1 aromatic carbocycles. The number of nitrogens with zero attached hydrogens (tertiary/aromatic N) is 5. The van der Waals surface area contributed by atoms with Gasteiger partial charge in [0.1, 0.15) is 11.4 Å². The predicted molar refractivity (Wildman–Crippen MR) is 116 cm³/mol. The Morgan fingerprint density at radius 1 is 1.23 bits per heavy atom. The molecule has 12 heteroatoms. The van der Waals surface area contributed by atoms with E-state index in [1.54, 1.807) is 0 Å². The van der Waals surface area contributed by atoms with Gasteiger partial charge in [0, 0.05) is 57.9 Å². The third-order valence-electron chi connectivity index (χ3n) is 5.08. The van der Waals surface area contributed by atoms with Crippen molar-refractivity contribution < 1.29 is 17.9 Å². The molecule has 1 fully saturated rings. The fraction of sp³-hybridized carbons (Fsp3) is 0.526. The average Bonchev–Trinajstić information content (AvgIpc) is 3.12. The molecular formula is C19H28N6O5S. The lowest BCUT2D eigenvalue weighted by Crippen LogP contribution is -2.46. The van der Waals surface area contributed by atoms with E-state index in [0.717, 1.165) is 17.5 Å². The van der Waals surface area contributed by atoms with E-state index in [1.807, 2.05) is 36.9 Å². The molecule has 31 heavy (non-hydrogen) atoms. The van der Waals surface area contributed by atoms with E-state index in [9.17, 15) is 18.5 Å². The average molecular weight is 453 g/mol. The molecule has 2 heterocycles. The summed E-state index contributed by atoms with van der Waals surface area (Å²) in [5, 5.41) is 15.7. The zero-order valence-corrected chi connectivity index (χ0v) is 18.8. The van der Waals surface area contributed by atoms with E-state index >= 15 is 0 Å². The monoisotopic (exact) mass is 452 g/mol. The Morgan fingerprint density at radius 3 is 2.52 bits per heavy atom. The molecule has 11 nitrogen and oxygen atoms in total. The number of piperazine rings is 1. The summed E-state index contributed by atoms with van der Waals surface area (Å²) in [5.41, 5.74) is 1.07. The van der Waals surface area contributed by atoms with Gasteiger partial charge in [0.25, 0.3) is 5.69 Å². The summed E-state index contributed by atoms with van der Waals surface area (Å²) in [5.74, 6) is 0.760. The van der Waals surface area contributed by atoms with Crippen LogP contribution in [0, 0.1) is 17.0 Å². The van der Waals surface area contributed by atoms with Crippen molar-refractivity contribution in [3.05, 3.63) is 45.8 Å². The first-order chi connectivity index (χ1) is 14.7. The topological polar surface area (TPSA) is 125 Å². The highest BCUT2D eigenvalue weighted by atomic mass is 32.2. The van der Waals surface area contributed by atoms with Crippen LogP contribution >= 0.6 is 0 Å². The number of hydrogen-bond donors (Lipinski definition) is 1. The third-order valence-corrected chi connectivity index (χ3v) is 6.54. The van der Waals surface area contributed by atoms with Gasteiger partial charge in [-0.05, 0) is 33.2 Å². The molecule has 0 saturated carbocycles. The molecule has 0 aliphatic carbocycles. The number of hydrogen-bond acceptors (Lipinski definition) is 9. The number of likely N-dealkylation sites (N-methyl/N-ethyl adjacent to an activating group) is 1. The molecule has 3 rings (SSSR count). The Hall–Kier alpha value is -2.54. The Labute approximate surface area is 181 Å². The van der Waals surface area contributed by atoms with Gasteiger partial charge in [0.15, 0.2) is 0 Å². The number of benzene rings is 1. The van der Waals surface area contributed by atoms with Crippen LogP contribution in [-0.2, 0) is 16.6 Å². The molecular weight excluding hydrogens is 424 g/mol. The van der Waals surface area contributed by atoms with Crippen LogP contribution in [-0.4, -0.2) is 81.7 Å². The van der Waals surface area contributed by atoms with Gasteiger partial charge in [-0.25, -0.2) is 13.1 Å². The zero-order chi connectivity index (χ0) is 22.6. The number of sulfonamides is 1. The van der Waals surface area contributed by atoms with E-state index < -0.39 is 14.9 Å². The summed E-state index contributed by atoms with van der Waals surface area (Å²) >= 11 is 0. The summed E-state index contributed by atoms with van der Waals surface area (Å²) in [4.78, 5) is 17.0. The molecule has 0 unspecified atom stereocenters. The highest BCUT2D eigenvalue weighted by Gasteiger charge is 2.27. The second-order valence-corrected chi connectivity index (χ2v) is 9.57. The molecule has 0 amide bonds. The third kappa shape index (κ3) is 6.00. The summed E-state index contributed by atoms with van der Waals surface area (Å²) < 4.78 is 32.6. The fourth-order valence-corrected chi connectivity index (χ4v) is 4.48. The quantitative estimate of drug-likeness (QED) is 0.439. The molecule has 1 aliphatic rings. The number of rotatable bonds is 9. The highest BCUT2D eigenvalue weighted by molar-refractivity contribution is 7.89. The van der Waals surface area contributed by atoms with Crippen LogP contribution < -0.4 is 9.62 Å². The van der Waals surface area contributed by atoms with E-state index in [1.165, 1.54) is 12.1 Å². The van der Waals surface area contributed by atoms with E-state index in [2.05, 4.69) is 14.8 Å². The fourth-order valence-electron chi connectivity index (χ4n) is 3.44. The van der Waals surface area contributed by atoms with E-state index in [-0.39, 0.29) is 17.1 Å². The maximum Gasteiger partial charge on any atom is 0.293 e. The van der Waals surface area contributed by atoms with Gasteiger partial charge in [-0.2, -0.15) is 0 Å². The van der Waals surface area contributed by atoms with Crippen LogP contribution in [0.2, 0.25) is 0 Å². The molecule has 1 N–H and O–H groups in total. The molecule has 1 saturated heterocycles. The van der Waals surface area contributed by atoms with Crippen LogP contribution in [0.5, 0.6) is 0 Å². The Balaban J connectivity index is 1.69. The number of nitro groups is 1. The van der Waals surface area contributed by atoms with Crippen LogP contribution in [0.4, 0.5) is 11.4 Å². The molecule has 1 aromatic heterocycles. The van der Waals surface area contributed by atoms with Gasteiger partial charge in [-0.1, -0.05) is 5.16 Å². The molecule has 170 valence electrons. The Morgan fingerprint density at radius 2 is 1.94 bits per heavy atom. The second-order valence-electron chi connectivity index (χ2n) is 7.80. The SMILES string of the molecule is Cc1cc(CN2CCN(c3ccc(S(=O)(=O)NCCN(C)C)cc3[N+](=O)[O-])CC2)no1. The molecule has 2 aromatic rings. The van der Waals surface area contributed by atoms with Crippen molar-refractivity contribution in [3.8, 4) is 0 Å². The molecule has 0 bridgehead atoms. The van der Waals surface area contributed by atoms with Crippen molar-refractivity contribution in [2.24, 2.45) is 0 Å². The first-order valence-electron chi connectivity index (χ1n) is 9.98. The number of nitrogens with one attached hydrogen (secondary N) is 1. The lowest BCUT2D eigenvalue weighted by Gasteiger charge is -2.35. The predicted octanol–water partition coefficient (Wildman–Crippen LogP) is 1.05. The Bertz CT molecular complexity index is 1010. The first kappa shape index (κ1) is 23.1. The van der Waals surface area contributed by atoms with Gasteiger partial charge in [0.2, 0.25) is 10.0 Å². The van der Waals surface area contributed by atoms with Crippen molar-refractivity contribution in [1.29, 1.82) is 0 Å². The van der Waals surface area contributed by atoms with Crippen LogP contribution in [0.3, 0.4) is 0 Å². The standard InChI is InChI=1S/C19H28N6O5S/c1-15-12-16(21-30-15)14-23-8-10-24(11-9-23)18-5-4-17(13-19(18)25(26)27)31(28,29)20-6-7-22(2)3/h4-5,12-13,20H,6-11,14H2,1-3H3. The molecule has 0 radical (unpaired) electrons. The second kappa shape index (κ2) is 9.73. The highest BCUT2D eigenvalue weighted by Crippen LogP contribution is 2.31. The molecule has 0 atom stereocenters. The number of anilines is 1. The molecule has 0 spiro atoms. The van der Waals surface area contributed by atoms with E-state index in [0.29, 0.717) is 45.0 Å². The number of aryl methyl sites for hydroxylation is 1. The Kier molecular flexibility index (Phi) is 7.26. The minimum Gasteiger partial charge on any atom is -0.363 e. The van der Waals surface area contributed by atoms with Crippen LogP contribution in [0.15, 0.2) is 33.7 Å². The van der Waals surface area contributed by atoms with Crippen molar-refractivity contribution in [2.45, 2.75) is 18.4 Å². The van der Waals surface area contributed by atoms with Crippen molar-refractivity contribution in [1.82, 2.24) is 19.7 Å². The zero-order valence-electron chi connectivity index (χ0n) is 17.9. The van der Waals surface area contributed by atoms with Gasteiger partial charge in [0.05, 0.1) is 15.5 Å². The maximum absolute atomic E-state index is 12.5. The normalized spacial score (nSPS) is 15.5. The number of nitro benzene ring substituents is 1. The number of aromatic nitrogens is 1. The van der Waals surface area contributed by atoms with Crippen molar-refractivity contribution in [2.75, 3.05) is 58.3 Å². The van der Waals surface area contributed by atoms with Crippen LogP contribution in [0.1, 0.15) is 11.5 Å². The molecule has 1 aliphatic heterocycles.